The second kappa shape index (κ2) is 5.45. The maximum atomic E-state index is 11.1. The number of benzene rings is 1. The van der Waals surface area contributed by atoms with Gasteiger partial charge in [-0.05, 0) is 25.0 Å². The lowest BCUT2D eigenvalue weighted by Gasteiger charge is -2.28. The quantitative estimate of drug-likeness (QED) is 0.925. The van der Waals surface area contributed by atoms with Gasteiger partial charge in [0, 0.05) is 6.04 Å². The van der Waals surface area contributed by atoms with Crippen molar-refractivity contribution in [1.82, 2.24) is 9.97 Å². The van der Waals surface area contributed by atoms with Gasteiger partial charge >= 0.3 is 5.97 Å². The van der Waals surface area contributed by atoms with E-state index in [-0.39, 0.29) is 12.6 Å². The fourth-order valence-electron chi connectivity index (χ4n) is 2.84. The Bertz CT molecular complexity index is 623. The monoisotopic (exact) mass is 271 g/mol. The molecule has 0 bridgehead atoms. The summed E-state index contributed by atoms with van der Waals surface area (Å²) in [5, 5.41) is 9.13. The lowest BCUT2D eigenvalue weighted by molar-refractivity contribution is -0.135. The second-order valence-corrected chi connectivity index (χ2v) is 5.18. The van der Waals surface area contributed by atoms with Crippen LogP contribution in [-0.2, 0) is 4.79 Å². The van der Waals surface area contributed by atoms with Gasteiger partial charge < -0.3 is 10.0 Å². The molecule has 1 fully saturated rings. The van der Waals surface area contributed by atoms with Crippen molar-refractivity contribution < 1.29 is 9.90 Å². The zero-order valence-electron chi connectivity index (χ0n) is 11.2. The number of aliphatic carboxylic acids is 1. The Morgan fingerprint density at radius 3 is 2.65 bits per heavy atom. The van der Waals surface area contributed by atoms with Crippen molar-refractivity contribution in [3.8, 4) is 0 Å². The van der Waals surface area contributed by atoms with Gasteiger partial charge in [-0.15, -0.1) is 0 Å². The lowest BCUT2D eigenvalue weighted by atomic mass is 10.2. The number of carbonyl (C=O) groups is 1. The number of fused-ring (bicyclic) bond motifs is 1. The zero-order valence-corrected chi connectivity index (χ0v) is 11.2. The van der Waals surface area contributed by atoms with Crippen LogP contribution in [0, 0.1) is 0 Å². The number of rotatable bonds is 4. The highest BCUT2D eigenvalue weighted by molar-refractivity contribution is 5.77. The van der Waals surface area contributed by atoms with Crippen LogP contribution in [0.15, 0.2) is 30.5 Å². The summed E-state index contributed by atoms with van der Waals surface area (Å²) in [4.78, 5) is 22.0. The summed E-state index contributed by atoms with van der Waals surface area (Å²) < 4.78 is 0. The molecule has 3 rings (SSSR count). The Hall–Kier alpha value is -2.17. The van der Waals surface area contributed by atoms with Crippen molar-refractivity contribution in [1.29, 1.82) is 0 Å². The first kappa shape index (κ1) is 12.8. The van der Waals surface area contributed by atoms with E-state index in [0.29, 0.717) is 5.82 Å². The maximum absolute atomic E-state index is 11.1. The predicted molar refractivity (Wildman–Crippen MR) is 76.8 cm³/mol. The van der Waals surface area contributed by atoms with Crippen LogP contribution in [0.3, 0.4) is 0 Å². The highest BCUT2D eigenvalue weighted by Gasteiger charge is 2.25. The van der Waals surface area contributed by atoms with Gasteiger partial charge in [-0.2, -0.15) is 0 Å². The molecule has 1 aliphatic rings. The number of aromatic nitrogens is 2. The average molecular weight is 271 g/mol. The standard InChI is InChI=1S/C15H17N3O2/c19-15(20)10-18(11-5-1-2-6-11)14-9-16-12-7-3-4-8-13(12)17-14/h3-4,7-9,11H,1-2,5-6,10H2,(H,19,20). The number of anilines is 1. The Morgan fingerprint density at radius 1 is 1.25 bits per heavy atom. The number of hydrogen-bond donors (Lipinski definition) is 1. The summed E-state index contributed by atoms with van der Waals surface area (Å²) in [6.45, 7) is -0.0162. The first-order chi connectivity index (χ1) is 9.74. The van der Waals surface area contributed by atoms with Gasteiger partial charge in [0.05, 0.1) is 17.2 Å². The van der Waals surface area contributed by atoms with E-state index < -0.39 is 5.97 Å². The minimum atomic E-state index is -0.827. The van der Waals surface area contributed by atoms with Crippen molar-refractivity contribution in [3.05, 3.63) is 30.5 Å². The zero-order chi connectivity index (χ0) is 13.9. The molecule has 1 heterocycles. The van der Waals surface area contributed by atoms with E-state index in [0.717, 1.165) is 36.7 Å². The molecule has 1 saturated carbocycles. The maximum Gasteiger partial charge on any atom is 0.323 e. The van der Waals surface area contributed by atoms with E-state index in [1.807, 2.05) is 29.2 Å². The van der Waals surface area contributed by atoms with Gasteiger partial charge in [0.1, 0.15) is 12.4 Å². The largest absolute Gasteiger partial charge is 0.480 e. The third kappa shape index (κ3) is 2.57. The Labute approximate surface area is 117 Å². The normalized spacial score (nSPS) is 15.6. The summed E-state index contributed by atoms with van der Waals surface area (Å²) in [7, 11) is 0. The van der Waals surface area contributed by atoms with Crippen LogP contribution in [0.4, 0.5) is 5.82 Å². The number of carboxylic acids is 1. The molecular formula is C15H17N3O2. The fourth-order valence-corrected chi connectivity index (χ4v) is 2.84. The summed E-state index contributed by atoms with van der Waals surface area (Å²) in [5.74, 6) is -0.162. The first-order valence-electron chi connectivity index (χ1n) is 6.94. The number of para-hydroxylation sites is 2. The van der Waals surface area contributed by atoms with Gasteiger partial charge in [-0.3, -0.25) is 9.78 Å². The molecule has 5 nitrogen and oxygen atoms in total. The summed E-state index contributed by atoms with van der Waals surface area (Å²) in [6.07, 6.45) is 6.05. The summed E-state index contributed by atoms with van der Waals surface area (Å²) >= 11 is 0. The van der Waals surface area contributed by atoms with Crippen LogP contribution >= 0.6 is 0 Å². The van der Waals surface area contributed by atoms with E-state index in [9.17, 15) is 4.79 Å². The molecule has 2 aromatic rings. The SMILES string of the molecule is O=C(O)CN(c1cnc2ccccc2n1)C1CCCC1. The topological polar surface area (TPSA) is 66.3 Å². The Balaban J connectivity index is 1.96. The molecule has 0 aliphatic heterocycles. The molecule has 0 unspecified atom stereocenters. The van der Waals surface area contributed by atoms with Gasteiger partial charge in [0.2, 0.25) is 0 Å². The van der Waals surface area contributed by atoms with Crippen molar-refractivity contribution in [3.63, 3.8) is 0 Å². The van der Waals surface area contributed by atoms with Crippen LogP contribution in [-0.4, -0.2) is 33.6 Å². The average Bonchev–Trinajstić information content (AvgIpc) is 2.98. The van der Waals surface area contributed by atoms with E-state index in [1.54, 1.807) is 6.20 Å². The minimum Gasteiger partial charge on any atom is -0.480 e. The van der Waals surface area contributed by atoms with Crippen LogP contribution in [0.5, 0.6) is 0 Å². The molecule has 0 saturated heterocycles. The number of hydrogen-bond acceptors (Lipinski definition) is 4. The molecule has 1 aromatic heterocycles. The lowest BCUT2D eigenvalue weighted by Crippen LogP contribution is -2.38. The van der Waals surface area contributed by atoms with Crippen molar-refractivity contribution >= 4 is 22.8 Å². The third-order valence-corrected chi connectivity index (χ3v) is 3.80. The van der Waals surface area contributed by atoms with E-state index >= 15 is 0 Å². The smallest absolute Gasteiger partial charge is 0.323 e. The van der Waals surface area contributed by atoms with Crippen LogP contribution in [0.2, 0.25) is 0 Å². The molecule has 104 valence electrons. The number of carboxylic acid groups (broad SMARTS) is 1. The van der Waals surface area contributed by atoms with E-state index in [4.69, 9.17) is 5.11 Å². The van der Waals surface area contributed by atoms with Crippen LogP contribution < -0.4 is 4.90 Å². The van der Waals surface area contributed by atoms with E-state index in [2.05, 4.69) is 9.97 Å². The first-order valence-corrected chi connectivity index (χ1v) is 6.94. The molecule has 5 heteroatoms. The summed E-state index contributed by atoms with van der Waals surface area (Å²) in [5.41, 5.74) is 1.64. The third-order valence-electron chi connectivity index (χ3n) is 3.80. The van der Waals surface area contributed by atoms with Crippen molar-refractivity contribution in [2.75, 3.05) is 11.4 Å². The molecule has 0 amide bonds. The molecule has 0 spiro atoms. The van der Waals surface area contributed by atoms with Crippen LogP contribution in [0.25, 0.3) is 11.0 Å². The second-order valence-electron chi connectivity index (χ2n) is 5.18. The molecule has 1 aliphatic carbocycles. The van der Waals surface area contributed by atoms with Crippen molar-refractivity contribution in [2.45, 2.75) is 31.7 Å². The Kier molecular flexibility index (Phi) is 3.50. The van der Waals surface area contributed by atoms with Gasteiger partial charge in [0.25, 0.3) is 0 Å². The molecular weight excluding hydrogens is 254 g/mol. The highest BCUT2D eigenvalue weighted by atomic mass is 16.4. The highest BCUT2D eigenvalue weighted by Crippen LogP contribution is 2.27. The van der Waals surface area contributed by atoms with Crippen molar-refractivity contribution in [2.24, 2.45) is 0 Å². The summed E-state index contributed by atoms with van der Waals surface area (Å²) in [6, 6.07) is 7.91. The predicted octanol–water partition coefficient (Wildman–Crippen LogP) is 2.46. The van der Waals surface area contributed by atoms with Gasteiger partial charge in [0.15, 0.2) is 0 Å². The Morgan fingerprint density at radius 2 is 1.95 bits per heavy atom. The van der Waals surface area contributed by atoms with Crippen LogP contribution in [0.1, 0.15) is 25.7 Å². The number of nitrogens with zero attached hydrogens (tertiary/aromatic N) is 3. The van der Waals surface area contributed by atoms with E-state index in [1.165, 1.54) is 0 Å². The molecule has 20 heavy (non-hydrogen) atoms. The molecule has 0 atom stereocenters. The molecule has 1 N–H and O–H groups in total. The molecule has 0 radical (unpaired) electrons. The molecule has 1 aromatic carbocycles. The van der Waals surface area contributed by atoms with Gasteiger partial charge in [-0.25, -0.2) is 4.98 Å². The van der Waals surface area contributed by atoms with Gasteiger partial charge in [-0.1, -0.05) is 25.0 Å². The fraction of sp³-hybridized carbons (Fsp3) is 0.400. The minimum absolute atomic E-state index is 0.0162.